The van der Waals surface area contributed by atoms with Crippen LogP contribution < -0.4 is 19.7 Å². The molecule has 1 heterocycles. The SMILES string of the molecule is CCNC(=O)C(C)c1ccc(O[C@@H]2CCN(c3ccc(OC(C)CC)cc3)C2)cc1. The third kappa shape index (κ3) is 5.68. The number of benzene rings is 2. The summed E-state index contributed by atoms with van der Waals surface area (Å²) in [6.45, 7) is 10.6. The van der Waals surface area contributed by atoms with Gasteiger partial charge in [-0.1, -0.05) is 19.1 Å². The van der Waals surface area contributed by atoms with Crippen molar-refractivity contribution in [2.45, 2.75) is 58.7 Å². The van der Waals surface area contributed by atoms with E-state index in [4.69, 9.17) is 9.47 Å². The van der Waals surface area contributed by atoms with Gasteiger partial charge in [-0.3, -0.25) is 4.79 Å². The quantitative estimate of drug-likeness (QED) is 0.647. The molecule has 3 atom stereocenters. The molecule has 0 saturated carbocycles. The van der Waals surface area contributed by atoms with Crippen LogP contribution in [0.15, 0.2) is 48.5 Å². The zero-order chi connectivity index (χ0) is 21.5. The maximum Gasteiger partial charge on any atom is 0.227 e. The fourth-order valence-electron chi connectivity index (χ4n) is 3.62. The fraction of sp³-hybridized carbons (Fsp3) is 0.480. The van der Waals surface area contributed by atoms with Crippen LogP contribution >= 0.6 is 0 Å². The van der Waals surface area contributed by atoms with Crippen LogP contribution in [0.2, 0.25) is 0 Å². The van der Waals surface area contributed by atoms with Crippen molar-refractivity contribution < 1.29 is 14.3 Å². The van der Waals surface area contributed by atoms with Crippen molar-refractivity contribution in [1.29, 1.82) is 0 Å². The maximum absolute atomic E-state index is 12.0. The highest BCUT2D eigenvalue weighted by Gasteiger charge is 2.24. The van der Waals surface area contributed by atoms with E-state index in [-0.39, 0.29) is 24.0 Å². The van der Waals surface area contributed by atoms with Crippen molar-refractivity contribution in [3.63, 3.8) is 0 Å². The second-order valence-corrected chi connectivity index (χ2v) is 7.99. The van der Waals surface area contributed by atoms with Crippen LogP contribution in [0.5, 0.6) is 11.5 Å². The molecule has 5 heteroatoms. The Morgan fingerprint density at radius 2 is 1.73 bits per heavy atom. The summed E-state index contributed by atoms with van der Waals surface area (Å²) < 4.78 is 12.1. The highest BCUT2D eigenvalue weighted by Crippen LogP contribution is 2.27. The number of carbonyl (C=O) groups excluding carboxylic acids is 1. The summed E-state index contributed by atoms with van der Waals surface area (Å²) in [6.07, 6.45) is 2.38. The topological polar surface area (TPSA) is 50.8 Å². The van der Waals surface area contributed by atoms with E-state index in [0.29, 0.717) is 6.54 Å². The zero-order valence-electron chi connectivity index (χ0n) is 18.6. The maximum atomic E-state index is 12.0. The number of nitrogens with one attached hydrogen (secondary N) is 1. The number of ether oxygens (including phenoxy) is 2. The molecule has 1 aliphatic heterocycles. The molecule has 1 saturated heterocycles. The van der Waals surface area contributed by atoms with Crippen molar-refractivity contribution in [1.82, 2.24) is 5.32 Å². The summed E-state index contributed by atoms with van der Waals surface area (Å²) in [4.78, 5) is 14.4. The number of carbonyl (C=O) groups is 1. The van der Waals surface area contributed by atoms with Crippen LogP contribution in [0.25, 0.3) is 0 Å². The average molecular weight is 411 g/mol. The lowest BCUT2D eigenvalue weighted by molar-refractivity contribution is -0.122. The summed E-state index contributed by atoms with van der Waals surface area (Å²) in [5.41, 5.74) is 2.20. The molecule has 0 bridgehead atoms. The molecule has 1 amide bonds. The molecule has 5 nitrogen and oxygen atoms in total. The molecule has 2 aromatic carbocycles. The summed E-state index contributed by atoms with van der Waals surface area (Å²) >= 11 is 0. The van der Waals surface area contributed by atoms with E-state index in [9.17, 15) is 4.79 Å². The lowest BCUT2D eigenvalue weighted by Crippen LogP contribution is -2.27. The van der Waals surface area contributed by atoms with Gasteiger partial charge in [0.15, 0.2) is 0 Å². The van der Waals surface area contributed by atoms with Gasteiger partial charge >= 0.3 is 0 Å². The van der Waals surface area contributed by atoms with Gasteiger partial charge in [-0.05, 0) is 69.2 Å². The lowest BCUT2D eigenvalue weighted by atomic mass is 10.0. The number of amides is 1. The molecular formula is C25H34N2O3. The molecule has 1 N–H and O–H groups in total. The Kier molecular flexibility index (Phi) is 7.61. The monoisotopic (exact) mass is 410 g/mol. The van der Waals surface area contributed by atoms with Gasteiger partial charge in [0.25, 0.3) is 0 Å². The predicted molar refractivity (Wildman–Crippen MR) is 122 cm³/mol. The van der Waals surface area contributed by atoms with Crippen LogP contribution in [-0.4, -0.2) is 37.7 Å². The fourth-order valence-corrected chi connectivity index (χ4v) is 3.62. The van der Waals surface area contributed by atoms with Gasteiger partial charge in [-0.25, -0.2) is 0 Å². The second-order valence-electron chi connectivity index (χ2n) is 7.99. The molecule has 3 rings (SSSR count). The van der Waals surface area contributed by atoms with E-state index in [1.54, 1.807) is 0 Å². The molecular weight excluding hydrogens is 376 g/mol. The lowest BCUT2D eigenvalue weighted by Gasteiger charge is -2.20. The summed E-state index contributed by atoms with van der Waals surface area (Å²) in [5, 5.41) is 2.87. The van der Waals surface area contributed by atoms with Gasteiger partial charge in [0, 0.05) is 25.2 Å². The standard InChI is InChI=1S/C25H34N2O3/c1-5-18(3)29-22-13-9-21(10-14-22)27-16-15-24(17-27)30-23-11-7-20(8-12-23)19(4)25(28)26-6-2/h7-14,18-19,24H,5-6,15-17H2,1-4H3,(H,26,28)/t18?,19?,24-/m1/s1. The van der Waals surface area contributed by atoms with E-state index in [0.717, 1.165) is 43.0 Å². The van der Waals surface area contributed by atoms with Crippen molar-refractivity contribution in [2.75, 3.05) is 24.5 Å². The normalized spacial score (nSPS) is 18.0. The summed E-state index contributed by atoms with van der Waals surface area (Å²) in [7, 11) is 0. The molecule has 1 fully saturated rings. The van der Waals surface area contributed by atoms with Crippen LogP contribution in [0.4, 0.5) is 5.69 Å². The van der Waals surface area contributed by atoms with Gasteiger partial charge in [0.1, 0.15) is 17.6 Å². The van der Waals surface area contributed by atoms with Gasteiger partial charge in [-0.15, -0.1) is 0 Å². The van der Waals surface area contributed by atoms with Crippen molar-refractivity contribution >= 4 is 11.6 Å². The van der Waals surface area contributed by atoms with Crippen LogP contribution in [0, 0.1) is 0 Å². The third-order valence-corrected chi connectivity index (χ3v) is 5.69. The molecule has 0 aliphatic carbocycles. The van der Waals surface area contributed by atoms with E-state index in [1.165, 1.54) is 5.69 Å². The molecule has 2 unspecified atom stereocenters. The van der Waals surface area contributed by atoms with Gasteiger partial charge < -0.3 is 19.7 Å². The molecule has 2 aromatic rings. The molecule has 162 valence electrons. The average Bonchev–Trinajstić information content (AvgIpc) is 3.23. The van der Waals surface area contributed by atoms with Gasteiger partial charge in [-0.2, -0.15) is 0 Å². The van der Waals surface area contributed by atoms with Crippen molar-refractivity contribution in [3.8, 4) is 11.5 Å². The Morgan fingerprint density at radius 1 is 1.07 bits per heavy atom. The van der Waals surface area contributed by atoms with E-state index in [2.05, 4.69) is 36.2 Å². The summed E-state index contributed by atoms with van der Waals surface area (Å²) in [5.74, 6) is 1.67. The number of hydrogen-bond donors (Lipinski definition) is 1. The minimum absolute atomic E-state index is 0.0539. The van der Waals surface area contributed by atoms with Gasteiger partial charge in [0.05, 0.1) is 18.6 Å². The molecule has 0 radical (unpaired) electrons. The highest BCUT2D eigenvalue weighted by molar-refractivity contribution is 5.83. The molecule has 0 aromatic heterocycles. The Bertz CT molecular complexity index is 804. The Labute approximate surface area is 180 Å². The first-order valence-corrected chi connectivity index (χ1v) is 11.1. The largest absolute Gasteiger partial charge is 0.491 e. The van der Waals surface area contributed by atoms with E-state index < -0.39 is 0 Å². The third-order valence-electron chi connectivity index (χ3n) is 5.69. The number of nitrogens with zero attached hydrogens (tertiary/aromatic N) is 1. The smallest absolute Gasteiger partial charge is 0.227 e. The Hall–Kier alpha value is -2.69. The van der Waals surface area contributed by atoms with Crippen molar-refractivity contribution in [2.24, 2.45) is 0 Å². The number of rotatable bonds is 9. The minimum atomic E-state index is -0.159. The predicted octanol–water partition coefficient (Wildman–Crippen LogP) is 4.76. The Balaban J connectivity index is 1.53. The summed E-state index contributed by atoms with van der Waals surface area (Å²) in [6, 6.07) is 16.2. The van der Waals surface area contributed by atoms with Crippen LogP contribution in [0.1, 0.15) is 52.0 Å². The van der Waals surface area contributed by atoms with Crippen molar-refractivity contribution in [3.05, 3.63) is 54.1 Å². The van der Waals surface area contributed by atoms with E-state index >= 15 is 0 Å². The zero-order valence-corrected chi connectivity index (χ0v) is 18.6. The highest BCUT2D eigenvalue weighted by atomic mass is 16.5. The second kappa shape index (κ2) is 10.4. The molecule has 0 spiro atoms. The Morgan fingerprint density at radius 3 is 2.37 bits per heavy atom. The van der Waals surface area contributed by atoms with Gasteiger partial charge in [0.2, 0.25) is 5.91 Å². The first kappa shape index (κ1) is 22.0. The first-order valence-electron chi connectivity index (χ1n) is 11.1. The van der Waals surface area contributed by atoms with Crippen LogP contribution in [-0.2, 0) is 4.79 Å². The first-order chi connectivity index (χ1) is 14.5. The van der Waals surface area contributed by atoms with E-state index in [1.807, 2.05) is 50.2 Å². The number of anilines is 1. The number of likely N-dealkylation sites (N-methyl/N-ethyl adjacent to an activating group) is 1. The number of hydrogen-bond acceptors (Lipinski definition) is 4. The molecule has 1 aliphatic rings. The molecule has 30 heavy (non-hydrogen) atoms. The van der Waals surface area contributed by atoms with Crippen LogP contribution in [0.3, 0.4) is 0 Å². The minimum Gasteiger partial charge on any atom is -0.491 e.